The number of aromatic amines is 1. The molecule has 1 N–H and O–H groups in total. The van der Waals surface area contributed by atoms with E-state index >= 15 is 0 Å². The molecule has 0 radical (unpaired) electrons. The highest BCUT2D eigenvalue weighted by atomic mass is 32.2. The van der Waals surface area contributed by atoms with Crippen LogP contribution in [0.25, 0.3) is 12.2 Å². The number of H-pyrrole nitrogens is 1. The monoisotopic (exact) mass is 469 g/mol. The van der Waals surface area contributed by atoms with Crippen LogP contribution < -0.4 is 0 Å². The zero-order valence-electron chi connectivity index (χ0n) is 18.2. The number of hydrogen-bond donors (Lipinski definition) is 1. The Bertz CT molecular complexity index is 1270. The minimum absolute atomic E-state index is 0.361. The number of aromatic nitrogens is 3. The van der Waals surface area contributed by atoms with Crippen molar-refractivity contribution >= 4 is 34.4 Å². The maximum Gasteiger partial charge on any atom is 0.243 e. The van der Waals surface area contributed by atoms with Gasteiger partial charge in [0.1, 0.15) is 5.82 Å². The molecule has 0 bridgehead atoms. The minimum Gasteiger partial charge on any atom is -0.282 e. The summed E-state index contributed by atoms with van der Waals surface area (Å²) in [5.74, 6) is 0.690. The van der Waals surface area contributed by atoms with Crippen molar-refractivity contribution in [2.24, 2.45) is 0 Å². The number of aryl methyl sites for hydroxylation is 2. The second-order valence-corrected chi connectivity index (χ2v) is 10.3. The summed E-state index contributed by atoms with van der Waals surface area (Å²) in [6, 6.07) is 15.3. The summed E-state index contributed by atoms with van der Waals surface area (Å²) in [5.41, 5.74) is 3.15. The molecule has 0 spiro atoms. The smallest absolute Gasteiger partial charge is 0.243 e. The molecule has 0 atom stereocenters. The van der Waals surface area contributed by atoms with Gasteiger partial charge in [0.2, 0.25) is 14.8 Å². The Labute approximate surface area is 194 Å². The van der Waals surface area contributed by atoms with Crippen LogP contribution in [-0.2, 0) is 16.7 Å². The van der Waals surface area contributed by atoms with Crippen LogP contribution in [0.15, 0.2) is 53.4 Å². The largest absolute Gasteiger partial charge is 0.282 e. The molecule has 1 fully saturated rings. The molecule has 168 valence electrons. The summed E-state index contributed by atoms with van der Waals surface area (Å²) in [6.45, 7) is 6.59. The number of piperazine rings is 1. The second kappa shape index (κ2) is 9.50. The number of rotatable bonds is 6. The summed E-state index contributed by atoms with van der Waals surface area (Å²) >= 11 is 5.39. The van der Waals surface area contributed by atoms with Crippen LogP contribution in [0, 0.1) is 18.6 Å². The third-order valence-corrected chi connectivity index (χ3v) is 7.92. The summed E-state index contributed by atoms with van der Waals surface area (Å²) in [7, 11) is -3.49. The molecular formula is C23H27N5O2S2. The second-order valence-electron chi connectivity index (χ2n) is 7.97. The number of nitrogens with one attached hydrogen (secondary N) is 1. The van der Waals surface area contributed by atoms with Gasteiger partial charge in [-0.3, -0.25) is 10.00 Å². The van der Waals surface area contributed by atoms with Crippen molar-refractivity contribution in [3.8, 4) is 0 Å². The molecule has 1 aliphatic heterocycles. The normalized spacial score (nSPS) is 16.1. The predicted octanol–water partition coefficient (Wildman–Crippen LogP) is 3.69. The fraction of sp³-hybridized carbons (Fsp3) is 0.304. The highest BCUT2D eigenvalue weighted by molar-refractivity contribution is 7.89. The Hall–Kier alpha value is -2.59. The van der Waals surface area contributed by atoms with Crippen molar-refractivity contribution in [1.29, 1.82) is 0 Å². The molecule has 4 rings (SSSR count). The zero-order chi connectivity index (χ0) is 22.7. The average molecular weight is 470 g/mol. The first-order valence-electron chi connectivity index (χ1n) is 10.5. The number of sulfonamides is 1. The third kappa shape index (κ3) is 5.07. The first kappa shape index (κ1) is 22.6. The van der Waals surface area contributed by atoms with E-state index in [-0.39, 0.29) is 0 Å². The highest BCUT2D eigenvalue weighted by Gasteiger charge is 2.28. The molecule has 2 aromatic carbocycles. The van der Waals surface area contributed by atoms with Crippen molar-refractivity contribution in [3.63, 3.8) is 0 Å². The minimum atomic E-state index is -3.49. The van der Waals surface area contributed by atoms with E-state index in [2.05, 4.69) is 15.0 Å². The van der Waals surface area contributed by atoms with Crippen LogP contribution in [0.4, 0.5) is 0 Å². The van der Waals surface area contributed by atoms with Gasteiger partial charge in [-0.2, -0.15) is 9.29 Å². The van der Waals surface area contributed by atoms with E-state index in [1.54, 1.807) is 16.4 Å². The van der Waals surface area contributed by atoms with Gasteiger partial charge in [0, 0.05) is 26.2 Å². The van der Waals surface area contributed by atoms with Crippen LogP contribution in [0.5, 0.6) is 0 Å². The van der Waals surface area contributed by atoms with E-state index in [0.717, 1.165) is 16.7 Å². The van der Waals surface area contributed by atoms with Crippen molar-refractivity contribution in [3.05, 3.63) is 75.8 Å². The Kier molecular flexibility index (Phi) is 6.71. The highest BCUT2D eigenvalue weighted by Crippen LogP contribution is 2.20. The molecule has 1 saturated heterocycles. The molecule has 7 nitrogen and oxygen atoms in total. The van der Waals surface area contributed by atoms with E-state index in [1.807, 2.05) is 67.1 Å². The molecule has 1 aliphatic rings. The molecule has 0 saturated carbocycles. The molecule has 9 heteroatoms. The van der Waals surface area contributed by atoms with E-state index < -0.39 is 10.0 Å². The van der Waals surface area contributed by atoms with Crippen LogP contribution >= 0.6 is 12.2 Å². The van der Waals surface area contributed by atoms with Gasteiger partial charge in [0.15, 0.2) is 0 Å². The quantitative estimate of drug-likeness (QED) is 0.558. The van der Waals surface area contributed by atoms with Crippen molar-refractivity contribution < 1.29 is 8.42 Å². The molecular weight excluding hydrogens is 442 g/mol. The maximum atomic E-state index is 13.0. The number of hydrogen-bond acceptors (Lipinski definition) is 5. The lowest BCUT2D eigenvalue weighted by Gasteiger charge is -2.33. The van der Waals surface area contributed by atoms with E-state index in [0.29, 0.717) is 48.3 Å². The lowest BCUT2D eigenvalue weighted by molar-refractivity contribution is 0.145. The van der Waals surface area contributed by atoms with E-state index in [9.17, 15) is 8.42 Å². The van der Waals surface area contributed by atoms with Gasteiger partial charge in [0.25, 0.3) is 0 Å². The van der Waals surface area contributed by atoms with Gasteiger partial charge < -0.3 is 0 Å². The first-order valence-corrected chi connectivity index (χ1v) is 12.4. The van der Waals surface area contributed by atoms with Crippen LogP contribution in [0.1, 0.15) is 22.5 Å². The van der Waals surface area contributed by atoms with Gasteiger partial charge in [0.05, 0.1) is 11.6 Å². The van der Waals surface area contributed by atoms with E-state index in [4.69, 9.17) is 12.2 Å². The van der Waals surface area contributed by atoms with Crippen molar-refractivity contribution in [2.45, 2.75) is 25.4 Å². The standard InChI is InChI=1S/C23H27N5O2S2/c1-18-8-10-21(16-19(18)2)32(29,30)27-14-12-26(13-15-27)17-28-23(31)24-22(25-28)11-9-20-6-4-3-5-7-20/h3-11,16H,12-15,17H2,1-2H3,(H,24,25,31)/b11-9+. The van der Waals surface area contributed by atoms with Gasteiger partial charge in [-0.15, -0.1) is 0 Å². The van der Waals surface area contributed by atoms with Crippen LogP contribution in [-0.4, -0.2) is 58.6 Å². The summed E-state index contributed by atoms with van der Waals surface area (Å²) < 4.78 is 29.9. The summed E-state index contributed by atoms with van der Waals surface area (Å²) in [5, 5.41) is 3.22. The Morgan fingerprint density at radius 1 is 1.00 bits per heavy atom. The third-order valence-electron chi connectivity index (χ3n) is 5.72. The molecule has 0 unspecified atom stereocenters. The topological polar surface area (TPSA) is 74.2 Å². The molecule has 32 heavy (non-hydrogen) atoms. The molecule has 2 heterocycles. The number of benzene rings is 2. The summed E-state index contributed by atoms with van der Waals surface area (Å²) in [4.78, 5) is 6.94. The van der Waals surface area contributed by atoms with Crippen LogP contribution in [0.2, 0.25) is 0 Å². The number of nitrogens with zero attached hydrogens (tertiary/aromatic N) is 4. The fourth-order valence-corrected chi connectivity index (χ4v) is 5.33. The Balaban J connectivity index is 1.38. The molecule has 0 amide bonds. The first-order chi connectivity index (χ1) is 15.3. The SMILES string of the molecule is Cc1ccc(S(=O)(=O)N2CCN(Cn3[nH]c(/C=C/c4ccccc4)nc3=S)CC2)cc1C. The average Bonchev–Trinajstić information content (AvgIpc) is 3.14. The summed E-state index contributed by atoms with van der Waals surface area (Å²) in [6.07, 6.45) is 3.88. The zero-order valence-corrected chi connectivity index (χ0v) is 19.9. The maximum absolute atomic E-state index is 13.0. The lowest BCUT2D eigenvalue weighted by atomic mass is 10.1. The molecule has 3 aromatic rings. The molecule has 1 aromatic heterocycles. The lowest BCUT2D eigenvalue weighted by Crippen LogP contribution is -2.48. The van der Waals surface area contributed by atoms with Gasteiger partial charge >= 0.3 is 0 Å². The van der Waals surface area contributed by atoms with Gasteiger partial charge in [-0.05, 0) is 61.0 Å². The Morgan fingerprint density at radius 3 is 2.41 bits per heavy atom. The fourth-order valence-electron chi connectivity index (χ4n) is 3.62. The van der Waals surface area contributed by atoms with Gasteiger partial charge in [-0.1, -0.05) is 42.5 Å². The molecule has 0 aliphatic carbocycles. The van der Waals surface area contributed by atoms with Crippen molar-refractivity contribution in [2.75, 3.05) is 26.2 Å². The predicted molar refractivity (Wildman–Crippen MR) is 129 cm³/mol. The van der Waals surface area contributed by atoms with E-state index in [1.165, 1.54) is 0 Å². The van der Waals surface area contributed by atoms with Crippen LogP contribution in [0.3, 0.4) is 0 Å². The van der Waals surface area contributed by atoms with Gasteiger partial charge in [-0.25, -0.2) is 13.1 Å². The van der Waals surface area contributed by atoms with Crippen molar-refractivity contribution in [1.82, 2.24) is 24.0 Å². The Morgan fingerprint density at radius 2 is 1.72 bits per heavy atom.